The van der Waals surface area contributed by atoms with Crippen LogP contribution in [0.4, 0.5) is 5.69 Å². The summed E-state index contributed by atoms with van der Waals surface area (Å²) in [4.78, 5) is 22.0. The molecule has 0 aliphatic heterocycles. The van der Waals surface area contributed by atoms with Gasteiger partial charge in [0.15, 0.2) is 0 Å². The molecule has 2 aromatic rings. The lowest BCUT2D eigenvalue weighted by atomic mass is 10.2. The third kappa shape index (κ3) is 4.48. The fraction of sp³-hybridized carbons (Fsp3) is 0.133. The van der Waals surface area contributed by atoms with Crippen molar-refractivity contribution in [2.24, 2.45) is 5.14 Å². The standard InChI is InChI=1S/C15H13ClN2O7S/c1-24-13-5-3-11(18(20)21)6-10(13)8-25-15(19)9-2-4-12(16)14(7-9)26(17,22)23/h2-7H,8H2,1H3,(H2,17,22,23). The number of non-ortho nitro benzene ring substituents is 1. The number of hydrogen-bond donors (Lipinski definition) is 1. The van der Waals surface area contributed by atoms with E-state index in [1.165, 1.54) is 37.4 Å². The van der Waals surface area contributed by atoms with Crippen molar-refractivity contribution in [3.63, 3.8) is 0 Å². The summed E-state index contributed by atoms with van der Waals surface area (Å²) >= 11 is 5.75. The molecule has 0 saturated carbocycles. The van der Waals surface area contributed by atoms with Crippen LogP contribution in [0.3, 0.4) is 0 Å². The van der Waals surface area contributed by atoms with Crippen LogP contribution in [0.2, 0.25) is 5.02 Å². The number of nitro benzene ring substituents is 1. The van der Waals surface area contributed by atoms with Gasteiger partial charge in [0.1, 0.15) is 17.3 Å². The smallest absolute Gasteiger partial charge is 0.338 e. The van der Waals surface area contributed by atoms with Crippen molar-refractivity contribution in [1.29, 1.82) is 0 Å². The third-order valence-electron chi connectivity index (χ3n) is 3.31. The first-order valence-corrected chi connectivity index (χ1v) is 8.86. The average Bonchev–Trinajstić information content (AvgIpc) is 2.58. The van der Waals surface area contributed by atoms with Crippen LogP contribution in [0.25, 0.3) is 0 Å². The molecule has 0 saturated heterocycles. The Hall–Kier alpha value is -2.69. The minimum Gasteiger partial charge on any atom is -0.496 e. The van der Waals surface area contributed by atoms with E-state index in [1.54, 1.807) is 0 Å². The van der Waals surface area contributed by atoms with E-state index in [4.69, 9.17) is 26.2 Å². The van der Waals surface area contributed by atoms with Crippen LogP contribution >= 0.6 is 11.6 Å². The number of rotatable bonds is 6. The van der Waals surface area contributed by atoms with Gasteiger partial charge in [-0.15, -0.1) is 0 Å². The SMILES string of the molecule is COc1ccc([N+](=O)[O-])cc1COC(=O)c1ccc(Cl)c(S(N)(=O)=O)c1. The summed E-state index contributed by atoms with van der Waals surface area (Å²) < 4.78 is 33.1. The largest absolute Gasteiger partial charge is 0.496 e. The molecule has 0 unspecified atom stereocenters. The number of halogens is 1. The summed E-state index contributed by atoms with van der Waals surface area (Å²) in [5.41, 5.74) is -0.0154. The zero-order valence-corrected chi connectivity index (χ0v) is 14.9. The van der Waals surface area contributed by atoms with E-state index >= 15 is 0 Å². The maximum absolute atomic E-state index is 12.2. The van der Waals surface area contributed by atoms with E-state index in [-0.39, 0.29) is 28.4 Å². The van der Waals surface area contributed by atoms with Crippen molar-refractivity contribution in [2.75, 3.05) is 7.11 Å². The highest BCUT2D eigenvalue weighted by atomic mass is 35.5. The van der Waals surface area contributed by atoms with Crippen LogP contribution in [0, 0.1) is 10.1 Å². The second-order valence-corrected chi connectivity index (χ2v) is 6.96. The topological polar surface area (TPSA) is 139 Å². The Morgan fingerprint density at radius 2 is 1.96 bits per heavy atom. The molecule has 138 valence electrons. The summed E-state index contributed by atoms with van der Waals surface area (Å²) in [6, 6.07) is 7.30. The highest BCUT2D eigenvalue weighted by molar-refractivity contribution is 7.89. The third-order valence-corrected chi connectivity index (χ3v) is 4.70. The number of esters is 1. The molecule has 26 heavy (non-hydrogen) atoms. The lowest BCUT2D eigenvalue weighted by Gasteiger charge is -2.10. The number of sulfonamides is 1. The summed E-state index contributed by atoms with van der Waals surface area (Å²) in [5.74, 6) is -0.565. The van der Waals surface area contributed by atoms with Crippen LogP contribution in [0.15, 0.2) is 41.3 Å². The Bertz CT molecular complexity index is 976. The van der Waals surface area contributed by atoms with Gasteiger partial charge in [-0.2, -0.15) is 0 Å². The van der Waals surface area contributed by atoms with Crippen LogP contribution in [0.1, 0.15) is 15.9 Å². The van der Waals surface area contributed by atoms with Crippen molar-refractivity contribution in [1.82, 2.24) is 0 Å². The molecule has 0 bridgehead atoms. The quantitative estimate of drug-likeness (QED) is 0.445. The highest BCUT2D eigenvalue weighted by Crippen LogP contribution is 2.26. The number of nitrogens with zero attached hydrogens (tertiary/aromatic N) is 1. The number of primary sulfonamides is 1. The molecule has 0 spiro atoms. The Balaban J connectivity index is 2.24. The predicted molar refractivity (Wildman–Crippen MR) is 91.6 cm³/mol. The van der Waals surface area contributed by atoms with Crippen LogP contribution in [-0.2, 0) is 21.4 Å². The van der Waals surface area contributed by atoms with Gasteiger partial charge in [0.2, 0.25) is 10.0 Å². The molecule has 0 amide bonds. The molecule has 2 rings (SSSR count). The van der Waals surface area contributed by atoms with Gasteiger partial charge in [-0.25, -0.2) is 18.4 Å². The molecule has 2 N–H and O–H groups in total. The van der Waals surface area contributed by atoms with E-state index < -0.39 is 25.8 Å². The van der Waals surface area contributed by atoms with Crippen LogP contribution < -0.4 is 9.88 Å². The number of hydrogen-bond acceptors (Lipinski definition) is 7. The maximum Gasteiger partial charge on any atom is 0.338 e. The summed E-state index contributed by atoms with van der Waals surface area (Å²) in [6.07, 6.45) is 0. The molecule has 0 heterocycles. The molecule has 0 aromatic heterocycles. The van der Waals surface area contributed by atoms with Gasteiger partial charge in [0, 0.05) is 17.7 Å². The number of nitro groups is 1. The van der Waals surface area contributed by atoms with Gasteiger partial charge in [0.05, 0.1) is 22.6 Å². The molecule has 0 fully saturated rings. The van der Waals surface area contributed by atoms with Gasteiger partial charge in [-0.1, -0.05) is 11.6 Å². The summed E-state index contributed by atoms with van der Waals surface area (Å²) in [5, 5.41) is 15.7. The van der Waals surface area contributed by atoms with Gasteiger partial charge in [-0.05, 0) is 24.3 Å². The van der Waals surface area contributed by atoms with Crippen molar-refractivity contribution in [3.05, 3.63) is 62.7 Å². The zero-order chi connectivity index (χ0) is 19.5. The van der Waals surface area contributed by atoms with E-state index in [1.807, 2.05) is 0 Å². The highest BCUT2D eigenvalue weighted by Gasteiger charge is 2.18. The van der Waals surface area contributed by atoms with Crippen molar-refractivity contribution in [3.8, 4) is 5.75 Å². The lowest BCUT2D eigenvalue weighted by Crippen LogP contribution is -2.14. The van der Waals surface area contributed by atoms with E-state index in [2.05, 4.69) is 0 Å². The number of methoxy groups -OCH3 is 1. The molecule has 11 heteroatoms. The number of carbonyl (C=O) groups excluding carboxylic acids is 1. The zero-order valence-electron chi connectivity index (χ0n) is 13.3. The van der Waals surface area contributed by atoms with Crippen LogP contribution in [0.5, 0.6) is 5.75 Å². The van der Waals surface area contributed by atoms with E-state index in [0.29, 0.717) is 5.75 Å². The van der Waals surface area contributed by atoms with E-state index in [0.717, 1.165) is 6.07 Å². The first kappa shape index (κ1) is 19.6. The molecular formula is C15H13ClN2O7S. The minimum absolute atomic E-state index is 0.0946. The Morgan fingerprint density at radius 3 is 2.54 bits per heavy atom. The second kappa shape index (κ2) is 7.68. The Morgan fingerprint density at radius 1 is 1.27 bits per heavy atom. The van der Waals surface area contributed by atoms with Gasteiger partial charge in [-0.3, -0.25) is 10.1 Å². The molecular weight excluding hydrogens is 388 g/mol. The second-order valence-electron chi connectivity index (χ2n) is 5.02. The Labute approximate surface area is 153 Å². The van der Waals surface area contributed by atoms with Crippen molar-refractivity contribution >= 4 is 33.3 Å². The monoisotopic (exact) mass is 400 g/mol. The first-order valence-electron chi connectivity index (χ1n) is 6.94. The number of ether oxygens (including phenoxy) is 2. The fourth-order valence-electron chi connectivity index (χ4n) is 2.07. The normalized spacial score (nSPS) is 11.0. The van der Waals surface area contributed by atoms with Gasteiger partial charge in [0.25, 0.3) is 5.69 Å². The fourth-order valence-corrected chi connectivity index (χ4v) is 3.14. The Kier molecular flexibility index (Phi) is 5.80. The number of nitrogens with two attached hydrogens (primary N) is 1. The predicted octanol–water partition coefficient (Wildman–Crippen LogP) is 2.26. The number of benzene rings is 2. The molecule has 2 aromatic carbocycles. The molecule has 9 nitrogen and oxygen atoms in total. The lowest BCUT2D eigenvalue weighted by molar-refractivity contribution is -0.385. The van der Waals surface area contributed by atoms with Gasteiger partial charge >= 0.3 is 5.97 Å². The summed E-state index contributed by atoms with van der Waals surface area (Å²) in [6.45, 7) is -0.322. The minimum atomic E-state index is -4.12. The van der Waals surface area contributed by atoms with Crippen LogP contribution in [-0.4, -0.2) is 26.4 Å². The average molecular weight is 401 g/mol. The van der Waals surface area contributed by atoms with Gasteiger partial charge < -0.3 is 9.47 Å². The maximum atomic E-state index is 12.2. The van der Waals surface area contributed by atoms with E-state index in [9.17, 15) is 23.3 Å². The number of carbonyl (C=O) groups is 1. The van der Waals surface area contributed by atoms with Crippen molar-refractivity contribution < 1.29 is 27.6 Å². The molecule has 0 atom stereocenters. The first-order chi connectivity index (χ1) is 12.1. The molecule has 0 radical (unpaired) electrons. The summed E-state index contributed by atoms with van der Waals surface area (Å²) in [7, 11) is -2.75. The molecule has 0 aliphatic carbocycles. The molecule has 0 aliphatic rings. The van der Waals surface area contributed by atoms with Crippen molar-refractivity contribution in [2.45, 2.75) is 11.5 Å².